The molecule has 8 nitrogen and oxygen atoms in total. The van der Waals surface area contributed by atoms with Gasteiger partial charge < -0.3 is 4.52 Å². The molecule has 9 heteroatoms. The molecule has 2 aliphatic rings. The van der Waals surface area contributed by atoms with Crippen LogP contribution in [-0.2, 0) is 23.1 Å². The Bertz CT molecular complexity index is 840. The van der Waals surface area contributed by atoms with Crippen LogP contribution in [0.4, 0.5) is 0 Å². The predicted octanol–water partition coefficient (Wildman–Crippen LogP) is 1.21. The summed E-state index contributed by atoms with van der Waals surface area (Å²) < 4.78 is 33.9. The summed E-state index contributed by atoms with van der Waals surface area (Å²) in [7, 11) is -3.13. The Morgan fingerprint density at radius 2 is 2.24 bits per heavy atom. The smallest absolute Gasteiger partial charge is 0.214 e. The fourth-order valence-electron chi connectivity index (χ4n) is 3.38. The van der Waals surface area contributed by atoms with Gasteiger partial charge in [-0.25, -0.2) is 13.1 Å². The van der Waals surface area contributed by atoms with Crippen LogP contribution < -0.4 is 4.72 Å². The Labute approximate surface area is 147 Å². The lowest BCUT2D eigenvalue weighted by Gasteiger charge is -2.33. The molecule has 0 radical (unpaired) electrons. The van der Waals surface area contributed by atoms with Crippen molar-refractivity contribution in [3.8, 4) is 0 Å². The van der Waals surface area contributed by atoms with Crippen molar-refractivity contribution < 1.29 is 12.9 Å². The first kappa shape index (κ1) is 16.7. The fourth-order valence-corrected chi connectivity index (χ4v) is 4.78. The van der Waals surface area contributed by atoms with Crippen LogP contribution in [0.25, 0.3) is 0 Å². The van der Waals surface area contributed by atoms with E-state index in [1.807, 2.05) is 23.7 Å². The number of hydrogen-bond acceptors (Lipinski definition) is 6. The van der Waals surface area contributed by atoms with E-state index in [2.05, 4.69) is 19.9 Å². The van der Waals surface area contributed by atoms with Gasteiger partial charge in [0, 0.05) is 38.4 Å². The van der Waals surface area contributed by atoms with E-state index in [4.69, 9.17) is 4.52 Å². The maximum Gasteiger partial charge on any atom is 0.214 e. The molecular formula is C16H23N5O3S. The molecule has 0 unspecified atom stereocenters. The zero-order valence-corrected chi connectivity index (χ0v) is 15.1. The van der Waals surface area contributed by atoms with Gasteiger partial charge in [-0.15, -0.1) is 0 Å². The normalized spacial score (nSPS) is 21.4. The molecule has 0 aromatic carbocycles. The Morgan fingerprint density at radius 1 is 1.40 bits per heavy atom. The minimum atomic E-state index is -3.13. The maximum absolute atomic E-state index is 12.0. The summed E-state index contributed by atoms with van der Waals surface area (Å²) in [5.41, 5.74) is 2.06. The zero-order valence-electron chi connectivity index (χ0n) is 14.3. The molecule has 25 heavy (non-hydrogen) atoms. The molecule has 2 aromatic rings. The molecule has 0 amide bonds. The van der Waals surface area contributed by atoms with E-state index in [1.165, 1.54) is 0 Å². The van der Waals surface area contributed by atoms with Crippen LogP contribution in [0, 0.1) is 6.92 Å². The number of aryl methyl sites for hydroxylation is 1. The molecule has 1 saturated carbocycles. The van der Waals surface area contributed by atoms with Crippen LogP contribution in [0.1, 0.15) is 42.5 Å². The average Bonchev–Trinajstić information content (AvgIpc) is 3.20. The summed E-state index contributed by atoms with van der Waals surface area (Å²) in [4.78, 5) is 2.30. The number of hydrogen-bond donors (Lipinski definition) is 1. The summed E-state index contributed by atoms with van der Waals surface area (Å²) in [5.74, 6) is 0.808. The van der Waals surface area contributed by atoms with Crippen LogP contribution in [0.2, 0.25) is 0 Å². The Balaban J connectivity index is 1.40. The molecular weight excluding hydrogens is 342 g/mol. The van der Waals surface area contributed by atoms with Crippen molar-refractivity contribution in [1.82, 2.24) is 24.6 Å². The monoisotopic (exact) mass is 365 g/mol. The number of nitrogens with one attached hydrogen (secondary N) is 1. The first-order valence-electron chi connectivity index (χ1n) is 8.67. The lowest BCUT2D eigenvalue weighted by Crippen LogP contribution is -2.39. The van der Waals surface area contributed by atoms with Crippen LogP contribution in [0.3, 0.4) is 0 Å². The lowest BCUT2D eigenvalue weighted by atomic mass is 10.1. The fraction of sp³-hybridized carbons (Fsp3) is 0.625. The van der Waals surface area contributed by atoms with Crippen molar-refractivity contribution >= 4 is 10.0 Å². The first-order valence-corrected chi connectivity index (χ1v) is 10.2. The van der Waals surface area contributed by atoms with Crippen LogP contribution in [-0.4, -0.2) is 46.6 Å². The third-order valence-electron chi connectivity index (χ3n) is 4.76. The van der Waals surface area contributed by atoms with Gasteiger partial charge in [-0.3, -0.25) is 9.58 Å². The van der Waals surface area contributed by atoms with Crippen molar-refractivity contribution in [2.75, 3.05) is 13.1 Å². The van der Waals surface area contributed by atoms with E-state index in [9.17, 15) is 8.42 Å². The number of sulfonamides is 1. The van der Waals surface area contributed by atoms with E-state index in [1.54, 1.807) is 6.20 Å². The molecule has 0 spiro atoms. The Hall–Kier alpha value is -1.71. The Morgan fingerprint density at radius 3 is 2.96 bits per heavy atom. The second-order valence-electron chi connectivity index (χ2n) is 6.95. The van der Waals surface area contributed by atoms with E-state index in [-0.39, 0.29) is 11.3 Å². The van der Waals surface area contributed by atoms with Crippen molar-refractivity contribution in [2.24, 2.45) is 0 Å². The number of nitrogens with zero attached hydrogens (tertiary/aromatic N) is 4. The van der Waals surface area contributed by atoms with Crippen LogP contribution in [0.15, 0.2) is 22.9 Å². The van der Waals surface area contributed by atoms with Gasteiger partial charge in [-0.2, -0.15) is 5.10 Å². The molecule has 1 atom stereocenters. The summed E-state index contributed by atoms with van der Waals surface area (Å²) in [6.45, 7) is 4.66. The minimum absolute atomic E-state index is 0.147. The summed E-state index contributed by atoms with van der Waals surface area (Å²) in [6, 6.07) is 4.11. The molecule has 0 bridgehead atoms. The second-order valence-corrected chi connectivity index (χ2v) is 8.99. The third-order valence-corrected chi connectivity index (χ3v) is 6.71. The molecule has 1 aliphatic heterocycles. The van der Waals surface area contributed by atoms with Gasteiger partial charge in [0.25, 0.3) is 0 Å². The molecule has 1 fully saturated rings. The van der Waals surface area contributed by atoms with Gasteiger partial charge >= 0.3 is 0 Å². The minimum Gasteiger partial charge on any atom is -0.361 e. The molecule has 4 rings (SSSR count). The highest BCUT2D eigenvalue weighted by molar-refractivity contribution is 7.90. The lowest BCUT2D eigenvalue weighted by molar-refractivity contribution is 0.158. The van der Waals surface area contributed by atoms with E-state index in [0.29, 0.717) is 13.1 Å². The topological polar surface area (TPSA) is 93.3 Å². The van der Waals surface area contributed by atoms with Gasteiger partial charge in [-0.1, -0.05) is 5.16 Å². The largest absolute Gasteiger partial charge is 0.361 e. The van der Waals surface area contributed by atoms with Crippen molar-refractivity contribution in [3.05, 3.63) is 35.5 Å². The van der Waals surface area contributed by atoms with Gasteiger partial charge in [-0.05, 0) is 32.3 Å². The van der Waals surface area contributed by atoms with Crippen molar-refractivity contribution in [3.63, 3.8) is 0 Å². The second kappa shape index (κ2) is 6.54. The van der Waals surface area contributed by atoms with Crippen molar-refractivity contribution in [1.29, 1.82) is 0 Å². The maximum atomic E-state index is 12.0. The van der Waals surface area contributed by atoms with Gasteiger partial charge in [0.2, 0.25) is 10.0 Å². The summed E-state index contributed by atoms with van der Waals surface area (Å²) in [5, 5.41) is 8.32. The predicted molar refractivity (Wildman–Crippen MR) is 91.2 cm³/mol. The number of fused-ring (bicyclic) bond motifs is 1. The molecule has 0 saturated heterocycles. The van der Waals surface area contributed by atoms with E-state index in [0.717, 1.165) is 49.5 Å². The highest BCUT2D eigenvalue weighted by Crippen LogP contribution is 2.28. The standard InChI is InChI=1S/C16H23N5O3S/c1-12-8-13(19-24-12)9-20-10-14-4-6-17-21(14)15(11-20)5-7-18-25(22,23)16-2-3-16/h4,6,8,15-16,18H,2-3,5,7,9-11H2,1H3/t15-/m0/s1. The molecule has 2 aromatic heterocycles. The molecule has 1 N–H and O–H groups in total. The molecule has 1 aliphatic carbocycles. The van der Waals surface area contributed by atoms with Gasteiger partial charge in [0.15, 0.2) is 0 Å². The van der Waals surface area contributed by atoms with Gasteiger partial charge in [0.1, 0.15) is 5.76 Å². The molecule has 3 heterocycles. The van der Waals surface area contributed by atoms with E-state index >= 15 is 0 Å². The highest BCUT2D eigenvalue weighted by Gasteiger charge is 2.35. The number of aromatic nitrogens is 3. The average molecular weight is 365 g/mol. The summed E-state index contributed by atoms with van der Waals surface area (Å²) >= 11 is 0. The Kier molecular flexibility index (Phi) is 4.38. The van der Waals surface area contributed by atoms with Crippen LogP contribution >= 0.6 is 0 Å². The van der Waals surface area contributed by atoms with Gasteiger partial charge in [0.05, 0.1) is 22.7 Å². The van der Waals surface area contributed by atoms with Crippen molar-refractivity contribution in [2.45, 2.75) is 50.6 Å². The van der Waals surface area contributed by atoms with Crippen LogP contribution in [0.5, 0.6) is 0 Å². The molecule has 136 valence electrons. The number of rotatable bonds is 7. The van der Waals surface area contributed by atoms with E-state index < -0.39 is 10.0 Å². The SMILES string of the molecule is Cc1cc(CN2Cc3ccnn3[C@@H](CCNS(=O)(=O)C3CC3)C2)no1. The zero-order chi connectivity index (χ0) is 17.4. The third kappa shape index (κ3) is 3.78. The summed E-state index contributed by atoms with van der Waals surface area (Å²) in [6.07, 6.45) is 4.09. The highest BCUT2D eigenvalue weighted by atomic mass is 32.2. The quantitative estimate of drug-likeness (QED) is 0.793. The first-order chi connectivity index (χ1) is 12.0.